The van der Waals surface area contributed by atoms with Crippen LogP contribution in [0.1, 0.15) is 35.5 Å². The van der Waals surface area contributed by atoms with E-state index >= 15 is 0 Å². The minimum atomic E-state index is -4.63. The molecule has 1 unspecified atom stereocenters. The summed E-state index contributed by atoms with van der Waals surface area (Å²) in [6.07, 6.45) is -2.76. The molecule has 0 aliphatic heterocycles. The third-order valence-corrected chi connectivity index (χ3v) is 4.95. The summed E-state index contributed by atoms with van der Waals surface area (Å²) in [5.41, 5.74) is 0.123. The highest BCUT2D eigenvalue weighted by atomic mass is 19.4. The Morgan fingerprint density at radius 1 is 1.06 bits per heavy atom. The molecule has 2 aromatic carbocycles. The highest BCUT2D eigenvalue weighted by molar-refractivity contribution is 5.51. The second-order valence-electron chi connectivity index (χ2n) is 7.23. The molecular formula is C22H17F4N5O. The highest BCUT2D eigenvalue weighted by Gasteiger charge is 2.31. The number of rotatable bonds is 5. The van der Waals surface area contributed by atoms with Crippen molar-refractivity contribution in [2.45, 2.75) is 25.6 Å². The Balaban J connectivity index is 1.61. The number of nitrogens with one attached hydrogen (secondary N) is 1. The molecule has 0 fully saturated rings. The number of benzene rings is 2. The lowest BCUT2D eigenvalue weighted by atomic mass is 10.0. The average molecular weight is 443 g/mol. The van der Waals surface area contributed by atoms with Crippen LogP contribution in [0.15, 0.2) is 65.6 Å². The predicted molar refractivity (Wildman–Crippen MR) is 108 cm³/mol. The molecule has 0 aliphatic rings. The molecule has 10 heteroatoms. The van der Waals surface area contributed by atoms with Crippen LogP contribution in [0.4, 0.5) is 17.6 Å². The molecule has 4 rings (SSSR count). The Kier molecular flexibility index (Phi) is 5.60. The molecule has 1 N–H and O–H groups in total. The van der Waals surface area contributed by atoms with Gasteiger partial charge >= 0.3 is 6.18 Å². The summed E-state index contributed by atoms with van der Waals surface area (Å²) in [5, 5.41) is 7.95. The zero-order valence-electron chi connectivity index (χ0n) is 16.8. The molecule has 0 saturated carbocycles. The van der Waals surface area contributed by atoms with Crippen molar-refractivity contribution in [3.63, 3.8) is 0 Å². The van der Waals surface area contributed by atoms with Crippen LogP contribution >= 0.6 is 0 Å². The van der Waals surface area contributed by atoms with Crippen LogP contribution in [0.2, 0.25) is 0 Å². The summed E-state index contributed by atoms with van der Waals surface area (Å²) in [7, 11) is 0. The quantitative estimate of drug-likeness (QED) is 0.465. The Bertz CT molecular complexity index is 1300. The first kappa shape index (κ1) is 21.4. The van der Waals surface area contributed by atoms with E-state index in [1.54, 1.807) is 6.92 Å². The molecule has 0 spiro atoms. The maximum atomic E-state index is 14.3. The van der Waals surface area contributed by atoms with E-state index in [0.717, 1.165) is 17.7 Å². The van der Waals surface area contributed by atoms with Crippen molar-refractivity contribution in [3.8, 4) is 11.4 Å². The van der Waals surface area contributed by atoms with Gasteiger partial charge in [-0.05, 0) is 24.6 Å². The van der Waals surface area contributed by atoms with E-state index in [1.165, 1.54) is 16.9 Å². The van der Waals surface area contributed by atoms with Gasteiger partial charge in [0.05, 0.1) is 23.5 Å². The minimum Gasteiger partial charge on any atom is -0.310 e. The van der Waals surface area contributed by atoms with Crippen molar-refractivity contribution in [1.82, 2.24) is 25.0 Å². The molecule has 32 heavy (non-hydrogen) atoms. The molecule has 0 saturated heterocycles. The highest BCUT2D eigenvalue weighted by Crippen LogP contribution is 2.32. The van der Waals surface area contributed by atoms with E-state index in [-0.39, 0.29) is 22.5 Å². The van der Waals surface area contributed by atoms with Crippen molar-refractivity contribution >= 4 is 0 Å². The summed E-state index contributed by atoms with van der Waals surface area (Å²) in [5.74, 6) is -0.557. The standard InChI is InChI=1S/C22H17F4N5O/c1-13(16-8-7-15(10-17(16)23)22(24,25)26)31-12-19(29-30-31)18-11-21(32)28-20(27-18)9-14-5-3-2-4-6-14/h2-8,10-13H,9H2,1H3,(H,27,28,32). The zero-order chi connectivity index (χ0) is 22.9. The average Bonchev–Trinajstić information content (AvgIpc) is 3.23. The number of alkyl halides is 3. The smallest absolute Gasteiger partial charge is 0.310 e. The third-order valence-electron chi connectivity index (χ3n) is 4.95. The van der Waals surface area contributed by atoms with Gasteiger partial charge in [-0.2, -0.15) is 13.2 Å². The first-order chi connectivity index (χ1) is 15.2. The molecule has 2 aromatic heterocycles. The van der Waals surface area contributed by atoms with E-state index in [0.29, 0.717) is 18.3 Å². The molecule has 0 bridgehead atoms. The van der Waals surface area contributed by atoms with E-state index in [2.05, 4.69) is 20.3 Å². The lowest BCUT2D eigenvalue weighted by Crippen LogP contribution is -2.12. The fraction of sp³-hybridized carbons (Fsp3) is 0.182. The summed E-state index contributed by atoms with van der Waals surface area (Å²) in [6.45, 7) is 1.58. The second-order valence-corrected chi connectivity index (χ2v) is 7.23. The van der Waals surface area contributed by atoms with Gasteiger partial charge < -0.3 is 4.98 Å². The Morgan fingerprint density at radius 2 is 1.81 bits per heavy atom. The third kappa shape index (κ3) is 4.58. The molecule has 1 atom stereocenters. The van der Waals surface area contributed by atoms with E-state index in [9.17, 15) is 22.4 Å². The normalized spacial score (nSPS) is 12.7. The summed E-state index contributed by atoms with van der Waals surface area (Å²) >= 11 is 0. The molecular weight excluding hydrogens is 426 g/mol. The van der Waals surface area contributed by atoms with Crippen LogP contribution in [0.3, 0.4) is 0 Å². The molecule has 164 valence electrons. The summed E-state index contributed by atoms with van der Waals surface area (Å²) in [6, 6.07) is 12.3. The molecule has 4 aromatic rings. The zero-order valence-corrected chi connectivity index (χ0v) is 16.8. The fourth-order valence-corrected chi connectivity index (χ4v) is 3.28. The van der Waals surface area contributed by atoms with E-state index in [1.807, 2.05) is 30.3 Å². The lowest BCUT2D eigenvalue weighted by Gasteiger charge is -2.14. The van der Waals surface area contributed by atoms with Gasteiger partial charge in [0.1, 0.15) is 17.3 Å². The Morgan fingerprint density at radius 3 is 2.50 bits per heavy atom. The van der Waals surface area contributed by atoms with Crippen molar-refractivity contribution in [3.05, 3.63) is 99.5 Å². The van der Waals surface area contributed by atoms with Crippen LogP contribution in [0.5, 0.6) is 0 Å². The topological polar surface area (TPSA) is 76.5 Å². The second kappa shape index (κ2) is 8.37. The van der Waals surface area contributed by atoms with Crippen LogP contribution < -0.4 is 5.56 Å². The minimum absolute atomic E-state index is 0.0260. The number of halogens is 4. The van der Waals surface area contributed by atoms with Gasteiger partial charge in [-0.15, -0.1) is 5.10 Å². The number of aromatic amines is 1. The van der Waals surface area contributed by atoms with Gasteiger partial charge in [0.15, 0.2) is 0 Å². The van der Waals surface area contributed by atoms with Crippen LogP contribution in [-0.2, 0) is 12.6 Å². The first-order valence-electron chi connectivity index (χ1n) is 9.64. The van der Waals surface area contributed by atoms with Crippen molar-refractivity contribution in [1.29, 1.82) is 0 Å². The molecule has 2 heterocycles. The van der Waals surface area contributed by atoms with Gasteiger partial charge in [-0.25, -0.2) is 14.1 Å². The summed E-state index contributed by atoms with van der Waals surface area (Å²) in [4.78, 5) is 19.2. The van der Waals surface area contributed by atoms with Gasteiger partial charge in [0, 0.05) is 18.1 Å². The number of aromatic nitrogens is 5. The van der Waals surface area contributed by atoms with Crippen molar-refractivity contribution < 1.29 is 17.6 Å². The van der Waals surface area contributed by atoms with Gasteiger partial charge in [-0.3, -0.25) is 4.79 Å². The maximum absolute atomic E-state index is 14.3. The van der Waals surface area contributed by atoms with Gasteiger partial charge in [-0.1, -0.05) is 41.6 Å². The first-order valence-corrected chi connectivity index (χ1v) is 9.64. The van der Waals surface area contributed by atoms with Crippen molar-refractivity contribution in [2.75, 3.05) is 0 Å². The van der Waals surface area contributed by atoms with E-state index < -0.39 is 23.6 Å². The van der Waals surface area contributed by atoms with E-state index in [4.69, 9.17) is 0 Å². The predicted octanol–water partition coefficient (Wildman–Crippen LogP) is 4.39. The van der Waals surface area contributed by atoms with Crippen LogP contribution in [-0.4, -0.2) is 25.0 Å². The SMILES string of the molecule is CC(c1ccc(C(F)(F)F)cc1F)n1cc(-c2cc(=O)[nH]c(Cc3ccccc3)n2)nn1. The Hall–Kier alpha value is -3.82. The molecule has 0 radical (unpaired) electrons. The number of nitrogens with zero attached hydrogens (tertiary/aromatic N) is 4. The van der Waals surface area contributed by atoms with Gasteiger partial charge in [0.2, 0.25) is 0 Å². The molecule has 0 amide bonds. The Labute approximate surface area is 179 Å². The van der Waals surface area contributed by atoms with Crippen molar-refractivity contribution in [2.24, 2.45) is 0 Å². The van der Waals surface area contributed by atoms with Gasteiger partial charge in [0.25, 0.3) is 5.56 Å². The lowest BCUT2D eigenvalue weighted by molar-refractivity contribution is -0.137. The molecule has 0 aliphatic carbocycles. The fourth-order valence-electron chi connectivity index (χ4n) is 3.28. The van der Waals surface area contributed by atoms with Crippen LogP contribution in [0, 0.1) is 5.82 Å². The summed E-state index contributed by atoms with van der Waals surface area (Å²) < 4.78 is 54.0. The largest absolute Gasteiger partial charge is 0.416 e. The number of hydrogen-bond acceptors (Lipinski definition) is 4. The van der Waals surface area contributed by atoms with Crippen LogP contribution in [0.25, 0.3) is 11.4 Å². The molecule has 6 nitrogen and oxygen atoms in total. The monoisotopic (exact) mass is 443 g/mol. The number of hydrogen-bond donors (Lipinski definition) is 1. The number of H-pyrrole nitrogens is 1. The maximum Gasteiger partial charge on any atom is 0.416 e.